The lowest BCUT2D eigenvalue weighted by Crippen LogP contribution is -2.46. The molecule has 2 heterocycles. The van der Waals surface area contributed by atoms with Crippen LogP contribution in [0.4, 0.5) is 11.5 Å². The minimum absolute atomic E-state index is 0.207. The van der Waals surface area contributed by atoms with Crippen molar-refractivity contribution in [2.24, 2.45) is 5.92 Å². The van der Waals surface area contributed by atoms with Gasteiger partial charge >= 0.3 is 0 Å². The fraction of sp³-hybridized carbons (Fsp3) is 0.500. The van der Waals surface area contributed by atoms with E-state index >= 15 is 0 Å². The lowest BCUT2D eigenvalue weighted by molar-refractivity contribution is -0.134. The Balaban J connectivity index is 1.47. The summed E-state index contributed by atoms with van der Waals surface area (Å²) < 4.78 is 1.59. The molecule has 1 aromatic heterocycles. The fourth-order valence-corrected chi connectivity index (χ4v) is 5.17. The number of hydrogen-bond acceptors (Lipinski definition) is 5. The van der Waals surface area contributed by atoms with E-state index in [0.29, 0.717) is 40.4 Å². The fourth-order valence-electron chi connectivity index (χ4n) is 4.87. The van der Waals surface area contributed by atoms with Crippen LogP contribution in [-0.4, -0.2) is 49.8 Å². The van der Waals surface area contributed by atoms with Gasteiger partial charge in [-0.1, -0.05) is 55.3 Å². The molecule has 1 aliphatic carbocycles. The summed E-state index contributed by atoms with van der Waals surface area (Å²) in [6.07, 6.45) is 9.49. The summed E-state index contributed by atoms with van der Waals surface area (Å²) >= 11 is 12.1. The average molecular weight is 534 g/mol. The Morgan fingerprint density at radius 1 is 1.19 bits per heavy atom. The smallest absolute Gasteiger partial charge is 0.249 e. The van der Waals surface area contributed by atoms with Gasteiger partial charge < -0.3 is 20.6 Å². The lowest BCUT2D eigenvalue weighted by atomic mass is 9.84. The van der Waals surface area contributed by atoms with Crippen LogP contribution in [0.2, 0.25) is 10.0 Å². The first kappa shape index (κ1) is 26.5. The SMILES string of the molecule is CC(C)(O)Cn1ccc(NC(=O)[C@H](CC2CCCCC2)N2CC(Nc3ccc(Cl)c(Cl)c3)=CC2=O)n1. The highest BCUT2D eigenvalue weighted by atomic mass is 35.5. The molecule has 0 saturated heterocycles. The van der Waals surface area contributed by atoms with Crippen molar-refractivity contribution < 1.29 is 14.7 Å². The van der Waals surface area contributed by atoms with Crippen molar-refractivity contribution in [3.63, 3.8) is 0 Å². The molecule has 1 atom stereocenters. The van der Waals surface area contributed by atoms with Gasteiger partial charge in [0.25, 0.3) is 0 Å². The molecule has 0 bridgehead atoms. The molecule has 2 aliphatic rings. The molecule has 1 fully saturated rings. The number of nitrogens with zero attached hydrogens (tertiary/aromatic N) is 3. The van der Waals surface area contributed by atoms with Gasteiger partial charge in [-0.2, -0.15) is 5.10 Å². The molecule has 3 N–H and O–H groups in total. The van der Waals surface area contributed by atoms with E-state index in [-0.39, 0.29) is 18.4 Å². The second-order valence-electron chi connectivity index (χ2n) is 10.3. The maximum absolute atomic E-state index is 13.5. The molecule has 194 valence electrons. The number of nitrogens with one attached hydrogen (secondary N) is 2. The van der Waals surface area contributed by atoms with Crippen LogP contribution >= 0.6 is 23.2 Å². The first-order chi connectivity index (χ1) is 17.1. The Morgan fingerprint density at radius 3 is 2.64 bits per heavy atom. The first-order valence-electron chi connectivity index (χ1n) is 12.4. The van der Waals surface area contributed by atoms with E-state index in [1.165, 1.54) is 12.5 Å². The monoisotopic (exact) mass is 533 g/mol. The molecule has 4 rings (SSSR count). The summed E-state index contributed by atoms with van der Waals surface area (Å²) in [4.78, 5) is 28.1. The zero-order chi connectivity index (χ0) is 25.9. The second-order valence-corrected chi connectivity index (χ2v) is 11.2. The third-order valence-electron chi connectivity index (χ3n) is 6.55. The normalized spacial score (nSPS) is 17.8. The van der Waals surface area contributed by atoms with Crippen molar-refractivity contribution in [1.82, 2.24) is 14.7 Å². The van der Waals surface area contributed by atoms with E-state index in [0.717, 1.165) is 31.4 Å². The number of aliphatic hydroxyl groups is 1. The van der Waals surface area contributed by atoms with Gasteiger partial charge in [0.2, 0.25) is 11.8 Å². The molecule has 0 spiro atoms. The third kappa shape index (κ3) is 7.02. The van der Waals surface area contributed by atoms with E-state index in [2.05, 4.69) is 15.7 Å². The maximum Gasteiger partial charge on any atom is 0.249 e. The maximum atomic E-state index is 13.5. The molecule has 0 unspecified atom stereocenters. The van der Waals surface area contributed by atoms with Gasteiger partial charge in [0.1, 0.15) is 6.04 Å². The van der Waals surface area contributed by atoms with Gasteiger partial charge in [-0.25, -0.2) is 0 Å². The Bertz CT molecular complexity index is 1130. The Kier molecular flexibility index (Phi) is 8.27. The summed E-state index contributed by atoms with van der Waals surface area (Å²) in [5, 5.41) is 21.4. The van der Waals surface area contributed by atoms with Crippen molar-refractivity contribution in [2.75, 3.05) is 17.2 Å². The van der Waals surface area contributed by atoms with Crippen LogP contribution < -0.4 is 10.6 Å². The van der Waals surface area contributed by atoms with Crippen molar-refractivity contribution >= 4 is 46.5 Å². The molecule has 0 radical (unpaired) electrons. The standard InChI is InChI=1S/C26H33Cl2N5O3/c1-26(2,36)16-32-11-10-23(31-32)30-25(35)22(12-17-6-4-3-5-7-17)33-15-19(14-24(33)34)29-18-8-9-20(27)21(28)13-18/h8-11,13-14,17,22,29,36H,3-7,12,15-16H2,1-2H3,(H,30,31,35)/t22-/m0/s1. The van der Waals surface area contributed by atoms with E-state index in [9.17, 15) is 14.7 Å². The zero-order valence-electron chi connectivity index (χ0n) is 20.6. The first-order valence-corrected chi connectivity index (χ1v) is 13.1. The summed E-state index contributed by atoms with van der Waals surface area (Å²) in [6, 6.07) is 6.26. The molecule has 1 saturated carbocycles. The quantitative estimate of drug-likeness (QED) is 0.417. The van der Waals surface area contributed by atoms with Crippen molar-refractivity contribution in [3.8, 4) is 0 Å². The summed E-state index contributed by atoms with van der Waals surface area (Å²) in [5.41, 5.74) is 0.479. The summed E-state index contributed by atoms with van der Waals surface area (Å²) in [7, 11) is 0. The predicted molar refractivity (Wildman–Crippen MR) is 142 cm³/mol. The highest BCUT2D eigenvalue weighted by Crippen LogP contribution is 2.31. The number of hydrogen-bond donors (Lipinski definition) is 3. The molecular formula is C26H33Cl2N5O3. The average Bonchev–Trinajstić information content (AvgIpc) is 3.39. The van der Waals surface area contributed by atoms with Crippen molar-refractivity contribution in [3.05, 3.63) is 52.3 Å². The molecule has 36 heavy (non-hydrogen) atoms. The van der Waals surface area contributed by atoms with Crippen LogP contribution in [0.15, 0.2) is 42.2 Å². The van der Waals surface area contributed by atoms with Gasteiger partial charge in [0, 0.05) is 29.7 Å². The van der Waals surface area contributed by atoms with Gasteiger partial charge in [-0.3, -0.25) is 14.3 Å². The highest BCUT2D eigenvalue weighted by Gasteiger charge is 2.35. The molecule has 1 aromatic carbocycles. The third-order valence-corrected chi connectivity index (χ3v) is 7.29. The minimum Gasteiger partial charge on any atom is -0.389 e. The lowest BCUT2D eigenvalue weighted by Gasteiger charge is -2.31. The van der Waals surface area contributed by atoms with Gasteiger partial charge in [0.05, 0.1) is 28.7 Å². The van der Waals surface area contributed by atoms with Crippen molar-refractivity contribution in [2.45, 2.75) is 70.6 Å². The van der Waals surface area contributed by atoms with E-state index < -0.39 is 11.6 Å². The molecule has 8 nitrogen and oxygen atoms in total. The predicted octanol–water partition coefficient (Wildman–Crippen LogP) is 5.08. The highest BCUT2D eigenvalue weighted by molar-refractivity contribution is 6.42. The van der Waals surface area contributed by atoms with Gasteiger partial charge in [-0.05, 0) is 44.4 Å². The summed E-state index contributed by atoms with van der Waals surface area (Å²) in [6.45, 7) is 3.98. The van der Waals surface area contributed by atoms with Crippen LogP contribution in [0.1, 0.15) is 52.4 Å². The number of benzene rings is 1. The van der Waals surface area contributed by atoms with E-state index in [1.54, 1.807) is 53.9 Å². The second kappa shape index (κ2) is 11.2. The van der Waals surface area contributed by atoms with Crippen LogP contribution in [0.5, 0.6) is 0 Å². The Morgan fingerprint density at radius 2 is 1.94 bits per heavy atom. The van der Waals surface area contributed by atoms with Crippen molar-refractivity contribution in [1.29, 1.82) is 0 Å². The number of carbonyl (C=O) groups excluding carboxylic acids is 2. The number of carbonyl (C=O) groups is 2. The largest absolute Gasteiger partial charge is 0.389 e. The van der Waals surface area contributed by atoms with Crippen LogP contribution in [-0.2, 0) is 16.1 Å². The van der Waals surface area contributed by atoms with E-state index in [1.807, 2.05) is 0 Å². The number of rotatable bonds is 9. The van der Waals surface area contributed by atoms with Crippen LogP contribution in [0.25, 0.3) is 0 Å². The zero-order valence-corrected chi connectivity index (χ0v) is 22.1. The van der Waals surface area contributed by atoms with Gasteiger partial charge in [-0.15, -0.1) is 0 Å². The summed E-state index contributed by atoms with van der Waals surface area (Å²) in [5.74, 6) is 0.321. The molecular weight excluding hydrogens is 501 g/mol. The van der Waals surface area contributed by atoms with Gasteiger partial charge in [0.15, 0.2) is 5.82 Å². The van der Waals surface area contributed by atoms with Crippen LogP contribution in [0, 0.1) is 5.92 Å². The minimum atomic E-state index is -0.928. The number of halogens is 2. The topological polar surface area (TPSA) is 99.5 Å². The Hall–Kier alpha value is -2.55. The number of amides is 2. The number of anilines is 2. The van der Waals surface area contributed by atoms with Crippen LogP contribution in [0.3, 0.4) is 0 Å². The molecule has 1 aliphatic heterocycles. The Labute approximate surface area is 221 Å². The number of aromatic nitrogens is 2. The molecule has 10 heteroatoms. The molecule has 2 aromatic rings. The van der Waals surface area contributed by atoms with E-state index in [4.69, 9.17) is 23.2 Å². The molecule has 2 amide bonds.